The molecule has 0 saturated carbocycles. The molecule has 156 valence electrons. The van der Waals surface area contributed by atoms with Gasteiger partial charge in [-0.15, -0.1) is 0 Å². The van der Waals surface area contributed by atoms with Gasteiger partial charge in [0.1, 0.15) is 25.2 Å². The summed E-state index contributed by atoms with van der Waals surface area (Å²) in [6.07, 6.45) is 10.6. The van der Waals surface area contributed by atoms with Gasteiger partial charge in [-0.05, 0) is 6.42 Å². The number of ether oxygens (including phenoxy) is 4. The lowest BCUT2D eigenvalue weighted by molar-refractivity contribution is -0.247. The van der Waals surface area contributed by atoms with Crippen molar-refractivity contribution in [2.75, 3.05) is 13.2 Å². The number of hydrogen-bond donors (Lipinski definition) is 2. The summed E-state index contributed by atoms with van der Waals surface area (Å²) in [4.78, 5) is 12.2. The van der Waals surface area contributed by atoms with E-state index in [1.165, 1.54) is 51.0 Å². The Balaban J connectivity index is 1.65. The molecule has 2 aliphatic heterocycles. The highest BCUT2D eigenvalue weighted by Crippen LogP contribution is 2.34. The van der Waals surface area contributed by atoms with Gasteiger partial charge in [0.2, 0.25) is 0 Å². The fourth-order valence-corrected chi connectivity index (χ4v) is 3.51. The molecule has 0 bridgehead atoms. The summed E-state index contributed by atoms with van der Waals surface area (Å²) in [5.41, 5.74) is 0. The van der Waals surface area contributed by atoms with Crippen molar-refractivity contribution in [2.45, 2.75) is 95.2 Å². The molecule has 0 radical (unpaired) electrons. The van der Waals surface area contributed by atoms with E-state index >= 15 is 0 Å². The largest absolute Gasteiger partial charge is 0.456 e. The Hall–Kier alpha value is -1.31. The number of hydrogen-bond acceptors (Lipinski definition) is 7. The molecule has 1 saturated heterocycles. The van der Waals surface area contributed by atoms with Crippen molar-refractivity contribution in [3.8, 4) is 0 Å². The smallest absolute Gasteiger partial charge is 0.306 e. The fraction of sp³-hybridized carbons (Fsp3) is 0.850. The van der Waals surface area contributed by atoms with Crippen LogP contribution in [0.15, 0.2) is 12.5 Å². The van der Waals surface area contributed by atoms with E-state index in [1.54, 1.807) is 0 Å². The van der Waals surface area contributed by atoms with E-state index in [0.29, 0.717) is 6.42 Å². The van der Waals surface area contributed by atoms with Crippen LogP contribution >= 0.6 is 0 Å². The highest BCUT2D eigenvalue weighted by molar-refractivity contribution is 5.69. The summed E-state index contributed by atoms with van der Waals surface area (Å²) in [6, 6.07) is 0. The number of unbranched alkanes of at least 4 members (excludes halogenated alkanes) is 8. The molecule has 3 atom stereocenters. The summed E-state index contributed by atoms with van der Waals surface area (Å²) >= 11 is 0. The van der Waals surface area contributed by atoms with Crippen LogP contribution in [0.25, 0.3) is 0 Å². The third kappa shape index (κ3) is 6.36. The van der Waals surface area contributed by atoms with Gasteiger partial charge in [-0.25, -0.2) is 0 Å². The van der Waals surface area contributed by atoms with E-state index < -0.39 is 30.7 Å². The van der Waals surface area contributed by atoms with E-state index in [0.717, 1.165) is 19.3 Å². The molecule has 0 aromatic rings. The van der Waals surface area contributed by atoms with Crippen LogP contribution in [0.5, 0.6) is 0 Å². The molecule has 2 heterocycles. The standard InChI is InChI=1S/C20H34O7/c1-2-3-4-5-6-7-8-9-10-11-17(23)27-18-16(22)14-24-19(18)20(15-21)25-12-13-26-20/h12-13,16,18-19,21-22H,2-11,14-15H2,1H3/t16-,18+,19-/m0/s1. The van der Waals surface area contributed by atoms with Crippen molar-refractivity contribution in [1.29, 1.82) is 0 Å². The van der Waals surface area contributed by atoms with E-state index in [-0.39, 0.29) is 12.6 Å². The van der Waals surface area contributed by atoms with E-state index in [2.05, 4.69) is 6.92 Å². The molecule has 7 heteroatoms. The van der Waals surface area contributed by atoms with Gasteiger partial charge in [-0.2, -0.15) is 0 Å². The van der Waals surface area contributed by atoms with Gasteiger partial charge >= 0.3 is 11.8 Å². The van der Waals surface area contributed by atoms with Crippen molar-refractivity contribution < 1.29 is 34.0 Å². The Kier molecular flexibility index (Phi) is 9.38. The van der Waals surface area contributed by atoms with Gasteiger partial charge in [0.15, 0.2) is 12.2 Å². The molecule has 0 aromatic carbocycles. The number of aliphatic hydroxyl groups excluding tert-OH is 2. The third-order valence-electron chi connectivity index (χ3n) is 5.12. The molecular weight excluding hydrogens is 352 g/mol. The predicted molar refractivity (Wildman–Crippen MR) is 98.6 cm³/mol. The maximum atomic E-state index is 12.2. The van der Waals surface area contributed by atoms with Gasteiger partial charge in [0.05, 0.1) is 6.61 Å². The first-order chi connectivity index (χ1) is 13.1. The quantitative estimate of drug-likeness (QED) is 0.371. The Morgan fingerprint density at radius 1 is 1.07 bits per heavy atom. The zero-order chi connectivity index (χ0) is 19.5. The third-order valence-corrected chi connectivity index (χ3v) is 5.12. The topological polar surface area (TPSA) is 94.5 Å². The molecule has 2 N–H and O–H groups in total. The maximum absolute atomic E-state index is 12.2. The molecule has 2 aliphatic rings. The number of carbonyl (C=O) groups is 1. The molecule has 0 spiro atoms. The number of rotatable bonds is 13. The van der Waals surface area contributed by atoms with E-state index in [1.807, 2.05) is 0 Å². The summed E-state index contributed by atoms with van der Waals surface area (Å²) in [7, 11) is 0. The van der Waals surface area contributed by atoms with Crippen LogP contribution in [0.2, 0.25) is 0 Å². The first-order valence-corrected chi connectivity index (χ1v) is 10.2. The Labute approximate surface area is 161 Å². The normalized spacial score (nSPS) is 26.0. The molecule has 7 nitrogen and oxygen atoms in total. The maximum Gasteiger partial charge on any atom is 0.306 e. The lowest BCUT2D eigenvalue weighted by atomic mass is 10.0. The Bertz CT molecular complexity index is 457. The first kappa shape index (κ1) is 22.0. The monoisotopic (exact) mass is 386 g/mol. The second-order valence-corrected chi connectivity index (χ2v) is 7.33. The van der Waals surface area contributed by atoms with Gasteiger partial charge in [-0.3, -0.25) is 4.79 Å². The SMILES string of the molecule is CCCCCCCCCCCC(=O)O[C@@H]1[C@@H](O)CO[C@@H]1C1(CO)OC=CO1. The molecular formula is C20H34O7. The zero-order valence-corrected chi connectivity index (χ0v) is 16.3. The average molecular weight is 386 g/mol. The van der Waals surface area contributed by atoms with Gasteiger partial charge in [-0.1, -0.05) is 58.3 Å². The molecule has 2 rings (SSSR count). The van der Waals surface area contributed by atoms with Crippen LogP contribution in [0.3, 0.4) is 0 Å². The number of aliphatic hydroxyl groups is 2. The highest BCUT2D eigenvalue weighted by atomic mass is 16.8. The van der Waals surface area contributed by atoms with Crippen LogP contribution in [0.1, 0.15) is 71.1 Å². The van der Waals surface area contributed by atoms with Crippen molar-refractivity contribution in [3.05, 3.63) is 12.5 Å². The summed E-state index contributed by atoms with van der Waals surface area (Å²) in [5, 5.41) is 19.7. The zero-order valence-electron chi connectivity index (χ0n) is 16.3. The Morgan fingerprint density at radius 3 is 2.26 bits per heavy atom. The lowest BCUT2D eigenvalue weighted by Gasteiger charge is -2.33. The first-order valence-electron chi connectivity index (χ1n) is 10.2. The minimum absolute atomic E-state index is 0.00485. The molecule has 0 aromatic heterocycles. The van der Waals surface area contributed by atoms with Crippen LogP contribution < -0.4 is 0 Å². The molecule has 0 unspecified atom stereocenters. The minimum atomic E-state index is -1.47. The van der Waals surface area contributed by atoms with Crippen LogP contribution in [0.4, 0.5) is 0 Å². The molecule has 0 amide bonds. The molecule has 0 aliphatic carbocycles. The van der Waals surface area contributed by atoms with Crippen LogP contribution in [-0.2, 0) is 23.7 Å². The molecule has 1 fully saturated rings. The van der Waals surface area contributed by atoms with E-state index in [9.17, 15) is 15.0 Å². The van der Waals surface area contributed by atoms with Gasteiger partial charge in [0.25, 0.3) is 0 Å². The van der Waals surface area contributed by atoms with Crippen LogP contribution in [0, 0.1) is 0 Å². The highest BCUT2D eigenvalue weighted by Gasteiger charge is 2.56. The average Bonchev–Trinajstić information content (AvgIpc) is 3.28. The Morgan fingerprint density at radius 2 is 1.67 bits per heavy atom. The van der Waals surface area contributed by atoms with Crippen molar-refractivity contribution in [1.82, 2.24) is 0 Å². The van der Waals surface area contributed by atoms with Crippen molar-refractivity contribution in [3.63, 3.8) is 0 Å². The van der Waals surface area contributed by atoms with Crippen molar-refractivity contribution >= 4 is 5.97 Å². The summed E-state index contributed by atoms with van der Waals surface area (Å²) < 4.78 is 21.5. The van der Waals surface area contributed by atoms with E-state index in [4.69, 9.17) is 18.9 Å². The lowest BCUT2D eigenvalue weighted by Crippen LogP contribution is -2.54. The van der Waals surface area contributed by atoms with Crippen LogP contribution in [-0.4, -0.2) is 53.5 Å². The second-order valence-electron chi connectivity index (χ2n) is 7.33. The molecule has 27 heavy (non-hydrogen) atoms. The fourth-order valence-electron chi connectivity index (χ4n) is 3.51. The minimum Gasteiger partial charge on any atom is -0.456 e. The predicted octanol–water partition coefficient (Wildman–Crippen LogP) is 2.79. The van der Waals surface area contributed by atoms with Gasteiger partial charge < -0.3 is 29.2 Å². The summed E-state index contributed by atoms with van der Waals surface area (Å²) in [5.74, 6) is -1.85. The summed E-state index contributed by atoms with van der Waals surface area (Å²) in [6.45, 7) is 1.73. The van der Waals surface area contributed by atoms with Gasteiger partial charge in [0, 0.05) is 6.42 Å². The number of esters is 1. The number of carbonyl (C=O) groups excluding carboxylic acids is 1. The van der Waals surface area contributed by atoms with Crippen molar-refractivity contribution in [2.24, 2.45) is 0 Å². The second kappa shape index (κ2) is 11.5.